The van der Waals surface area contributed by atoms with Gasteiger partial charge in [0.15, 0.2) is 0 Å². The van der Waals surface area contributed by atoms with E-state index in [9.17, 15) is 14.9 Å². The molecule has 2 rings (SSSR count). The summed E-state index contributed by atoms with van der Waals surface area (Å²) in [4.78, 5) is 26.0. The highest BCUT2D eigenvalue weighted by molar-refractivity contribution is 9.10. The lowest BCUT2D eigenvalue weighted by Gasteiger charge is -2.08. The molecule has 1 N–H and O–H groups in total. The SMILES string of the molecule is CCNc1ccnc(Cn2cc(Br)c(=O)c([N+](=O)[O-])c2)c1. The van der Waals surface area contributed by atoms with Crippen LogP contribution in [0.25, 0.3) is 0 Å². The van der Waals surface area contributed by atoms with Crippen molar-refractivity contribution in [2.24, 2.45) is 0 Å². The van der Waals surface area contributed by atoms with Crippen LogP contribution < -0.4 is 10.7 Å². The fourth-order valence-corrected chi connectivity index (χ4v) is 2.33. The van der Waals surface area contributed by atoms with E-state index < -0.39 is 16.0 Å². The van der Waals surface area contributed by atoms with E-state index in [1.165, 1.54) is 12.4 Å². The van der Waals surface area contributed by atoms with Crippen molar-refractivity contribution < 1.29 is 4.92 Å². The van der Waals surface area contributed by atoms with E-state index in [1.807, 2.05) is 19.1 Å². The van der Waals surface area contributed by atoms with Gasteiger partial charge in [-0.2, -0.15) is 0 Å². The number of nitrogens with one attached hydrogen (secondary N) is 1. The first-order valence-corrected chi connectivity index (χ1v) is 7.03. The summed E-state index contributed by atoms with van der Waals surface area (Å²) in [5, 5.41) is 14.0. The molecule has 0 bridgehead atoms. The Morgan fingerprint density at radius 1 is 1.48 bits per heavy atom. The Labute approximate surface area is 128 Å². The number of hydrogen-bond acceptors (Lipinski definition) is 5. The van der Waals surface area contributed by atoms with Gasteiger partial charge in [-0.25, -0.2) is 0 Å². The zero-order chi connectivity index (χ0) is 15.4. The summed E-state index contributed by atoms with van der Waals surface area (Å²) in [6.45, 7) is 3.11. The van der Waals surface area contributed by atoms with Gasteiger partial charge in [0.1, 0.15) is 0 Å². The number of halogens is 1. The molecule has 0 spiro atoms. The summed E-state index contributed by atoms with van der Waals surface area (Å²) in [5.41, 5.74) is 0.563. The van der Waals surface area contributed by atoms with E-state index in [1.54, 1.807) is 10.8 Å². The van der Waals surface area contributed by atoms with Crippen molar-refractivity contribution in [3.63, 3.8) is 0 Å². The normalized spacial score (nSPS) is 10.4. The average molecular weight is 353 g/mol. The Balaban J connectivity index is 2.33. The van der Waals surface area contributed by atoms with Crippen molar-refractivity contribution in [2.45, 2.75) is 13.5 Å². The second kappa shape index (κ2) is 6.49. The van der Waals surface area contributed by atoms with Gasteiger partial charge in [-0.1, -0.05) is 0 Å². The van der Waals surface area contributed by atoms with Gasteiger partial charge in [0, 0.05) is 24.6 Å². The number of hydrogen-bond donors (Lipinski definition) is 1. The summed E-state index contributed by atoms with van der Waals surface area (Å²) < 4.78 is 1.71. The van der Waals surface area contributed by atoms with E-state index >= 15 is 0 Å². The van der Waals surface area contributed by atoms with Gasteiger partial charge in [0.2, 0.25) is 0 Å². The zero-order valence-electron chi connectivity index (χ0n) is 11.2. The van der Waals surface area contributed by atoms with E-state index in [0.29, 0.717) is 6.54 Å². The van der Waals surface area contributed by atoms with Crippen LogP contribution in [-0.4, -0.2) is 21.0 Å². The minimum Gasteiger partial charge on any atom is -0.385 e. The molecule has 2 heterocycles. The first-order chi connectivity index (χ1) is 10.0. The topological polar surface area (TPSA) is 90.1 Å². The Bertz CT molecular complexity index is 730. The molecule has 0 radical (unpaired) electrons. The lowest BCUT2D eigenvalue weighted by molar-refractivity contribution is -0.386. The van der Waals surface area contributed by atoms with Crippen molar-refractivity contribution in [3.05, 3.63) is 61.2 Å². The van der Waals surface area contributed by atoms with Crippen LogP contribution in [0.1, 0.15) is 12.6 Å². The van der Waals surface area contributed by atoms with Crippen LogP contribution in [0.5, 0.6) is 0 Å². The minimum atomic E-state index is -0.688. The molecule has 0 saturated heterocycles. The monoisotopic (exact) mass is 352 g/mol. The molecule has 8 heteroatoms. The molecular formula is C13H13BrN4O3. The summed E-state index contributed by atoms with van der Waals surface area (Å²) >= 11 is 3.05. The molecule has 110 valence electrons. The van der Waals surface area contributed by atoms with Gasteiger partial charge in [0.25, 0.3) is 5.43 Å². The molecule has 0 aliphatic rings. The lowest BCUT2D eigenvalue weighted by atomic mass is 10.3. The number of rotatable bonds is 5. The van der Waals surface area contributed by atoms with Crippen molar-refractivity contribution in [1.29, 1.82) is 0 Å². The van der Waals surface area contributed by atoms with Crippen LogP contribution in [0.3, 0.4) is 0 Å². The average Bonchev–Trinajstić information content (AvgIpc) is 2.43. The second-order valence-electron chi connectivity index (χ2n) is 4.32. The summed E-state index contributed by atoms with van der Waals surface area (Å²) in [6.07, 6.45) is 4.39. The van der Waals surface area contributed by atoms with E-state index in [-0.39, 0.29) is 4.47 Å². The molecule has 0 aliphatic heterocycles. The van der Waals surface area contributed by atoms with Crippen LogP contribution in [0.4, 0.5) is 11.4 Å². The van der Waals surface area contributed by atoms with Crippen LogP contribution in [0.2, 0.25) is 0 Å². The molecule has 0 aromatic carbocycles. The molecule has 0 saturated carbocycles. The number of nitro groups is 1. The fourth-order valence-electron chi connectivity index (χ4n) is 1.87. The molecule has 7 nitrogen and oxygen atoms in total. The Morgan fingerprint density at radius 2 is 2.24 bits per heavy atom. The molecule has 0 fully saturated rings. The summed E-state index contributed by atoms with van der Waals surface area (Å²) in [6, 6.07) is 3.71. The summed E-state index contributed by atoms with van der Waals surface area (Å²) in [5.74, 6) is 0. The van der Waals surface area contributed by atoms with E-state index in [4.69, 9.17) is 0 Å². The standard InChI is InChI=1S/C13H13BrN4O3/c1-2-15-9-3-4-16-10(5-9)6-17-7-11(14)13(19)12(8-17)18(20)21/h3-5,7-8H,2,6H2,1H3,(H,15,16). The minimum absolute atomic E-state index is 0.152. The molecule has 0 amide bonds. The first kappa shape index (κ1) is 15.2. The molecule has 0 unspecified atom stereocenters. The van der Waals surface area contributed by atoms with Crippen molar-refractivity contribution >= 4 is 27.3 Å². The molecule has 0 atom stereocenters. The molecule has 0 aliphatic carbocycles. The highest BCUT2D eigenvalue weighted by Crippen LogP contribution is 2.14. The molecular weight excluding hydrogens is 340 g/mol. The number of nitrogens with zero attached hydrogens (tertiary/aromatic N) is 3. The maximum Gasteiger partial charge on any atom is 0.333 e. The molecule has 2 aromatic rings. The Kier molecular flexibility index (Phi) is 4.69. The van der Waals surface area contributed by atoms with E-state index in [2.05, 4.69) is 26.2 Å². The first-order valence-electron chi connectivity index (χ1n) is 6.24. The Hall–Kier alpha value is -2.22. The van der Waals surface area contributed by atoms with E-state index in [0.717, 1.165) is 17.9 Å². The van der Waals surface area contributed by atoms with Crippen molar-refractivity contribution in [2.75, 3.05) is 11.9 Å². The van der Waals surface area contributed by atoms with Crippen LogP contribution >= 0.6 is 15.9 Å². The van der Waals surface area contributed by atoms with Gasteiger partial charge >= 0.3 is 5.69 Å². The largest absolute Gasteiger partial charge is 0.385 e. The molecule has 21 heavy (non-hydrogen) atoms. The maximum absolute atomic E-state index is 11.6. The van der Waals surface area contributed by atoms with Gasteiger partial charge in [0.05, 0.1) is 27.8 Å². The maximum atomic E-state index is 11.6. The third-order valence-corrected chi connectivity index (χ3v) is 3.32. The highest BCUT2D eigenvalue weighted by atomic mass is 79.9. The number of pyridine rings is 2. The third kappa shape index (κ3) is 3.66. The zero-order valence-corrected chi connectivity index (χ0v) is 12.8. The molecule has 2 aromatic heterocycles. The van der Waals surface area contributed by atoms with Gasteiger partial charge in [-0.15, -0.1) is 0 Å². The fraction of sp³-hybridized carbons (Fsp3) is 0.231. The smallest absolute Gasteiger partial charge is 0.333 e. The lowest BCUT2D eigenvalue weighted by Crippen LogP contribution is -2.14. The predicted octanol–water partition coefficient (Wildman–Crippen LogP) is 2.39. The van der Waals surface area contributed by atoms with Gasteiger partial charge in [-0.05, 0) is 35.0 Å². The Morgan fingerprint density at radius 3 is 2.90 bits per heavy atom. The van der Waals surface area contributed by atoms with Crippen LogP contribution in [-0.2, 0) is 6.54 Å². The van der Waals surface area contributed by atoms with Crippen molar-refractivity contribution in [3.8, 4) is 0 Å². The van der Waals surface area contributed by atoms with Gasteiger partial charge < -0.3 is 9.88 Å². The number of anilines is 1. The van der Waals surface area contributed by atoms with Crippen LogP contribution in [0, 0.1) is 10.1 Å². The summed E-state index contributed by atoms with van der Waals surface area (Å²) in [7, 11) is 0. The van der Waals surface area contributed by atoms with Gasteiger partial charge in [-0.3, -0.25) is 19.9 Å². The second-order valence-corrected chi connectivity index (χ2v) is 5.17. The number of aromatic nitrogens is 2. The van der Waals surface area contributed by atoms with Crippen LogP contribution in [0.15, 0.2) is 40.0 Å². The highest BCUT2D eigenvalue weighted by Gasteiger charge is 2.16. The quantitative estimate of drug-likeness (QED) is 0.659. The third-order valence-electron chi connectivity index (χ3n) is 2.76. The van der Waals surface area contributed by atoms with Crippen molar-refractivity contribution in [1.82, 2.24) is 9.55 Å². The predicted molar refractivity (Wildman–Crippen MR) is 82.6 cm³/mol.